The van der Waals surface area contributed by atoms with Gasteiger partial charge in [0.2, 0.25) is 11.6 Å². The SMILES string of the molecule is Nc1nonc1NC1CC(=O)CC(c2ccc(Cl)cc2)C1. The van der Waals surface area contributed by atoms with Crippen molar-refractivity contribution < 1.29 is 9.42 Å². The van der Waals surface area contributed by atoms with E-state index in [1.165, 1.54) is 0 Å². The standard InChI is InChI=1S/C14H15ClN4O2/c15-10-3-1-8(2-4-10)9-5-11(7-12(20)6-9)17-14-13(16)18-21-19-14/h1-4,9,11H,5-7H2,(H2,16,18)(H,17,19). The van der Waals surface area contributed by atoms with Crippen LogP contribution >= 0.6 is 11.6 Å². The van der Waals surface area contributed by atoms with E-state index < -0.39 is 0 Å². The monoisotopic (exact) mass is 306 g/mol. The van der Waals surface area contributed by atoms with E-state index in [2.05, 4.69) is 20.3 Å². The number of nitrogen functional groups attached to an aromatic ring is 1. The maximum atomic E-state index is 12.0. The van der Waals surface area contributed by atoms with E-state index in [1.807, 2.05) is 24.3 Å². The summed E-state index contributed by atoms with van der Waals surface area (Å²) in [6.45, 7) is 0. The largest absolute Gasteiger partial charge is 0.378 e. The fourth-order valence-electron chi connectivity index (χ4n) is 2.73. The molecule has 1 aromatic carbocycles. The van der Waals surface area contributed by atoms with Crippen LogP contribution in [0.25, 0.3) is 0 Å². The number of nitrogens with one attached hydrogen (secondary N) is 1. The number of carbonyl (C=O) groups is 1. The van der Waals surface area contributed by atoms with E-state index in [4.69, 9.17) is 17.3 Å². The highest BCUT2D eigenvalue weighted by Crippen LogP contribution is 2.33. The highest BCUT2D eigenvalue weighted by Gasteiger charge is 2.29. The number of nitrogens with two attached hydrogens (primary N) is 1. The van der Waals surface area contributed by atoms with Crippen LogP contribution < -0.4 is 11.1 Å². The number of carbonyl (C=O) groups excluding carboxylic acids is 1. The molecule has 0 amide bonds. The Labute approximate surface area is 126 Å². The summed E-state index contributed by atoms with van der Waals surface area (Å²) in [6.07, 6.45) is 1.82. The van der Waals surface area contributed by atoms with Gasteiger partial charge in [-0.3, -0.25) is 4.79 Å². The van der Waals surface area contributed by atoms with Gasteiger partial charge in [-0.25, -0.2) is 4.63 Å². The van der Waals surface area contributed by atoms with Gasteiger partial charge in [-0.2, -0.15) is 0 Å². The first-order valence-corrected chi connectivity index (χ1v) is 7.11. The molecule has 1 heterocycles. The number of Topliss-reactive ketones (excluding diaryl/α,β-unsaturated/α-hetero) is 1. The van der Waals surface area contributed by atoms with E-state index in [1.54, 1.807) is 0 Å². The summed E-state index contributed by atoms with van der Waals surface area (Å²) in [5, 5.41) is 11.0. The molecule has 0 aliphatic heterocycles. The lowest BCUT2D eigenvalue weighted by Crippen LogP contribution is -2.31. The number of hydrogen-bond donors (Lipinski definition) is 2. The molecule has 2 atom stereocenters. The first-order chi connectivity index (χ1) is 10.1. The first kappa shape index (κ1) is 13.9. The van der Waals surface area contributed by atoms with Crippen LogP contribution in [0.5, 0.6) is 0 Å². The minimum Gasteiger partial charge on any atom is -0.378 e. The molecule has 21 heavy (non-hydrogen) atoms. The molecule has 2 aromatic rings. The third-order valence-corrected chi connectivity index (χ3v) is 3.97. The molecule has 7 heteroatoms. The maximum absolute atomic E-state index is 12.0. The lowest BCUT2D eigenvalue weighted by Gasteiger charge is -2.29. The second kappa shape index (κ2) is 5.73. The number of aromatic nitrogens is 2. The van der Waals surface area contributed by atoms with Crippen molar-refractivity contribution in [2.24, 2.45) is 0 Å². The van der Waals surface area contributed by atoms with E-state index >= 15 is 0 Å². The van der Waals surface area contributed by atoms with E-state index in [9.17, 15) is 4.79 Å². The highest BCUT2D eigenvalue weighted by atomic mass is 35.5. The topological polar surface area (TPSA) is 94.0 Å². The zero-order valence-corrected chi connectivity index (χ0v) is 12.0. The molecule has 1 aliphatic rings. The predicted molar refractivity (Wildman–Crippen MR) is 79.2 cm³/mol. The second-order valence-corrected chi connectivity index (χ2v) is 5.71. The molecule has 110 valence electrons. The molecule has 6 nitrogen and oxygen atoms in total. The zero-order valence-electron chi connectivity index (χ0n) is 11.3. The normalized spacial score (nSPS) is 22.2. The number of anilines is 2. The summed E-state index contributed by atoms with van der Waals surface area (Å²) < 4.78 is 4.55. The summed E-state index contributed by atoms with van der Waals surface area (Å²) in [5.74, 6) is 0.983. The predicted octanol–water partition coefficient (Wildman–Crippen LogP) is 2.62. The van der Waals surface area contributed by atoms with Crippen molar-refractivity contribution in [2.45, 2.75) is 31.2 Å². The van der Waals surface area contributed by atoms with Gasteiger partial charge in [0.1, 0.15) is 5.78 Å². The van der Waals surface area contributed by atoms with Crippen LogP contribution in [0, 0.1) is 0 Å². The van der Waals surface area contributed by atoms with Crippen molar-refractivity contribution in [3.05, 3.63) is 34.9 Å². The Balaban J connectivity index is 1.74. The molecule has 1 fully saturated rings. The average Bonchev–Trinajstić information content (AvgIpc) is 2.84. The van der Waals surface area contributed by atoms with Crippen LogP contribution in [-0.4, -0.2) is 22.1 Å². The van der Waals surface area contributed by atoms with Crippen LogP contribution in [0.1, 0.15) is 30.7 Å². The Morgan fingerprint density at radius 3 is 2.67 bits per heavy atom. The van der Waals surface area contributed by atoms with Crippen LogP contribution in [0.2, 0.25) is 5.02 Å². The third kappa shape index (κ3) is 3.16. The lowest BCUT2D eigenvalue weighted by atomic mass is 9.80. The molecular formula is C14H15ClN4O2. The molecular weight excluding hydrogens is 292 g/mol. The van der Waals surface area contributed by atoms with Gasteiger partial charge in [-0.15, -0.1) is 0 Å². The molecule has 3 rings (SSSR count). The number of nitrogens with zero attached hydrogens (tertiary/aromatic N) is 2. The molecule has 2 unspecified atom stereocenters. The van der Waals surface area contributed by atoms with Gasteiger partial charge in [0.15, 0.2) is 0 Å². The number of hydrogen-bond acceptors (Lipinski definition) is 6. The Bertz CT molecular complexity index is 641. The quantitative estimate of drug-likeness (QED) is 0.905. The highest BCUT2D eigenvalue weighted by molar-refractivity contribution is 6.30. The van der Waals surface area contributed by atoms with Crippen molar-refractivity contribution in [2.75, 3.05) is 11.1 Å². The average molecular weight is 307 g/mol. The van der Waals surface area contributed by atoms with Gasteiger partial charge in [-0.1, -0.05) is 23.7 Å². The molecule has 1 aliphatic carbocycles. The number of benzene rings is 1. The minimum absolute atomic E-state index is 0.0267. The van der Waals surface area contributed by atoms with Gasteiger partial charge in [0.05, 0.1) is 0 Å². The van der Waals surface area contributed by atoms with E-state index in [0.717, 1.165) is 12.0 Å². The summed E-state index contributed by atoms with van der Waals surface area (Å²) in [7, 11) is 0. The summed E-state index contributed by atoms with van der Waals surface area (Å²) in [6, 6.07) is 7.60. The summed E-state index contributed by atoms with van der Waals surface area (Å²) in [4.78, 5) is 12.0. The second-order valence-electron chi connectivity index (χ2n) is 5.27. The lowest BCUT2D eigenvalue weighted by molar-refractivity contribution is -0.120. The third-order valence-electron chi connectivity index (χ3n) is 3.71. The van der Waals surface area contributed by atoms with Gasteiger partial charge in [0, 0.05) is 23.9 Å². The van der Waals surface area contributed by atoms with Crippen molar-refractivity contribution in [3.8, 4) is 0 Å². The molecule has 1 aromatic heterocycles. The van der Waals surface area contributed by atoms with Crippen LogP contribution in [0.3, 0.4) is 0 Å². The molecule has 1 saturated carbocycles. The molecule has 0 bridgehead atoms. The van der Waals surface area contributed by atoms with E-state index in [-0.39, 0.29) is 23.6 Å². The number of rotatable bonds is 3. The smallest absolute Gasteiger partial charge is 0.215 e. The molecule has 0 spiro atoms. The molecule has 0 radical (unpaired) electrons. The Morgan fingerprint density at radius 2 is 2.00 bits per heavy atom. The number of halogens is 1. The maximum Gasteiger partial charge on any atom is 0.215 e. The fraction of sp³-hybridized carbons (Fsp3) is 0.357. The first-order valence-electron chi connectivity index (χ1n) is 6.73. The van der Waals surface area contributed by atoms with Crippen molar-refractivity contribution in [1.29, 1.82) is 0 Å². The minimum atomic E-state index is -0.0267. The van der Waals surface area contributed by atoms with Crippen molar-refractivity contribution in [3.63, 3.8) is 0 Å². The van der Waals surface area contributed by atoms with Gasteiger partial charge in [0.25, 0.3) is 0 Å². The van der Waals surface area contributed by atoms with Gasteiger partial charge in [-0.05, 0) is 40.3 Å². The Hall–Kier alpha value is -2.08. The van der Waals surface area contributed by atoms with Crippen LogP contribution in [0.4, 0.5) is 11.6 Å². The fourth-order valence-corrected chi connectivity index (χ4v) is 2.86. The summed E-state index contributed by atoms with van der Waals surface area (Å²) in [5.41, 5.74) is 6.74. The summed E-state index contributed by atoms with van der Waals surface area (Å²) >= 11 is 5.90. The zero-order chi connectivity index (χ0) is 14.8. The van der Waals surface area contributed by atoms with E-state index in [0.29, 0.717) is 23.7 Å². The Morgan fingerprint density at radius 1 is 1.24 bits per heavy atom. The number of ketones is 1. The van der Waals surface area contributed by atoms with Crippen LogP contribution in [0.15, 0.2) is 28.9 Å². The van der Waals surface area contributed by atoms with Crippen molar-refractivity contribution in [1.82, 2.24) is 10.3 Å². The van der Waals surface area contributed by atoms with Crippen LogP contribution in [-0.2, 0) is 4.79 Å². The van der Waals surface area contributed by atoms with Gasteiger partial charge >= 0.3 is 0 Å². The van der Waals surface area contributed by atoms with Crippen molar-refractivity contribution >= 4 is 29.0 Å². The Kier molecular flexibility index (Phi) is 3.79. The van der Waals surface area contributed by atoms with Gasteiger partial charge < -0.3 is 11.1 Å². The molecule has 0 saturated heterocycles. The molecule has 3 N–H and O–H groups in total.